The van der Waals surface area contributed by atoms with Gasteiger partial charge in [-0.15, -0.1) is 5.10 Å². The first-order valence-corrected chi connectivity index (χ1v) is 20.9. The fraction of sp³-hybridized carbons (Fsp3) is 0.372. The first-order valence-electron chi connectivity index (χ1n) is 20.9. The molecule has 2 saturated heterocycles. The number of aryl methyl sites for hydroxylation is 3. The molecule has 2 aliphatic heterocycles. The lowest BCUT2D eigenvalue weighted by atomic mass is 9.92. The lowest BCUT2D eigenvalue weighted by Gasteiger charge is -2.51. The molecule has 2 fully saturated rings. The number of imidazole rings is 2. The molecule has 4 aromatic heterocycles. The number of methoxy groups -OCH3 is 1. The second-order valence-corrected chi connectivity index (χ2v) is 15.8. The molecule has 334 valence electrons. The van der Waals surface area contributed by atoms with E-state index < -0.39 is 23.6 Å². The van der Waals surface area contributed by atoms with Crippen molar-refractivity contribution >= 4 is 57.6 Å². The Bertz CT molecular complexity index is 2780. The number of hydrogen-bond acceptors (Lipinski definition) is 14. The van der Waals surface area contributed by atoms with Crippen LogP contribution in [0.4, 0.5) is 11.9 Å². The van der Waals surface area contributed by atoms with Gasteiger partial charge in [0.05, 0.1) is 42.7 Å². The van der Waals surface area contributed by atoms with Gasteiger partial charge in [-0.1, -0.05) is 12.2 Å². The predicted octanol–water partition coefficient (Wildman–Crippen LogP) is 2.42. The molecule has 21 nitrogen and oxygen atoms in total. The van der Waals surface area contributed by atoms with Gasteiger partial charge in [0.25, 0.3) is 11.8 Å². The maximum absolute atomic E-state index is 13.7. The van der Waals surface area contributed by atoms with Crippen molar-refractivity contribution in [3.05, 3.63) is 88.5 Å². The number of aromatic nitrogens is 8. The summed E-state index contributed by atoms with van der Waals surface area (Å²) in [5, 5.41) is 21.6. The number of allylic oxidation sites excluding steroid dienone is 2. The highest BCUT2D eigenvalue weighted by atomic mass is 16.5. The normalized spacial score (nSPS) is 14.9. The van der Waals surface area contributed by atoms with Gasteiger partial charge in [-0.05, 0) is 69.7 Å². The molecule has 0 bridgehead atoms. The first-order chi connectivity index (χ1) is 30.8. The predicted molar refractivity (Wildman–Crippen MR) is 236 cm³/mol. The number of hydrogen-bond donors (Lipinski definition) is 5. The number of nitrogens with zero attached hydrogens (tertiary/aromatic N) is 9. The van der Waals surface area contributed by atoms with Crippen LogP contribution in [0.5, 0.6) is 11.5 Å². The molecule has 0 atom stereocenters. The molecule has 6 heterocycles. The lowest BCUT2D eigenvalue weighted by molar-refractivity contribution is -0.156. The summed E-state index contributed by atoms with van der Waals surface area (Å²) in [6.45, 7) is 11.4. The zero-order chi connectivity index (χ0) is 45.1. The lowest BCUT2D eigenvalue weighted by Crippen LogP contribution is -2.69. The number of likely N-dealkylation sites (tertiary alicyclic amines) is 1. The third kappa shape index (κ3) is 8.98. The van der Waals surface area contributed by atoms with Crippen molar-refractivity contribution in [3.8, 4) is 11.5 Å². The number of fused-ring (bicyclic) bond motifs is 2. The molecule has 0 saturated carbocycles. The van der Waals surface area contributed by atoms with Crippen LogP contribution >= 0.6 is 0 Å². The molecule has 2 aromatic carbocycles. The van der Waals surface area contributed by atoms with Crippen LogP contribution < -0.4 is 36.9 Å². The molecule has 7 N–H and O–H groups in total. The van der Waals surface area contributed by atoms with E-state index in [2.05, 4.69) is 36.1 Å². The van der Waals surface area contributed by atoms with Crippen LogP contribution in [-0.2, 0) is 24.4 Å². The highest BCUT2D eigenvalue weighted by Crippen LogP contribution is 2.33. The molecule has 64 heavy (non-hydrogen) atoms. The Kier molecular flexibility index (Phi) is 12.4. The van der Waals surface area contributed by atoms with E-state index in [0.717, 1.165) is 32.7 Å². The number of benzene rings is 2. The van der Waals surface area contributed by atoms with Crippen LogP contribution in [0.2, 0.25) is 0 Å². The average Bonchev–Trinajstić information content (AvgIpc) is 3.94. The fourth-order valence-corrected chi connectivity index (χ4v) is 8.04. The van der Waals surface area contributed by atoms with E-state index in [1.165, 1.54) is 19.2 Å². The molecular formula is C43H50N14O7. The maximum Gasteiger partial charge on any atom is 0.278 e. The van der Waals surface area contributed by atoms with E-state index >= 15 is 0 Å². The molecule has 8 rings (SSSR count). The van der Waals surface area contributed by atoms with Crippen LogP contribution in [0.15, 0.2) is 54.6 Å². The standard InChI is InChI=1S/C43H50N14O7/c1-5-57-32(17-26(3)53-57)40(61)50-42-47-30-18-27(37(44)58)20-33(62-4)35(30)55(42)13-6-7-14-56-36-31(48-41(56)49-39(60)29-10-9-25(2)51-52-29)19-28(38(45)59)21-34(36)63-15-8-12-54-23-43(24-54)22-46-11-16-64-43/h6-7,9-10,17-21,46H,5,8,11-16,22-24H2,1-4H3,(H2,44,58)(H2,45,59)(H,47,50,61)(H,48,49,60)/b7-6+. The summed E-state index contributed by atoms with van der Waals surface area (Å²) in [5.74, 6) is -1.34. The minimum atomic E-state index is -0.671. The van der Waals surface area contributed by atoms with Gasteiger partial charge < -0.3 is 40.1 Å². The minimum absolute atomic E-state index is 0.0726. The zero-order valence-corrected chi connectivity index (χ0v) is 36.0. The number of ether oxygens (including phenoxy) is 3. The molecule has 0 radical (unpaired) electrons. The minimum Gasteiger partial charge on any atom is -0.494 e. The van der Waals surface area contributed by atoms with E-state index in [0.29, 0.717) is 76.8 Å². The zero-order valence-electron chi connectivity index (χ0n) is 36.0. The van der Waals surface area contributed by atoms with Crippen LogP contribution in [-0.4, -0.2) is 126 Å². The second kappa shape index (κ2) is 18.2. The SMILES string of the molecule is CCn1nc(C)cc1C(=O)Nc1nc2cc(C(N)=O)cc(OC)c2n1C/C=C/Cn1c(NC(=O)c2ccc(C)nn2)nc2cc(C(N)=O)cc(OCCCN3CC4(CNCCO4)C3)c21. The van der Waals surface area contributed by atoms with Crippen LogP contribution in [0.3, 0.4) is 0 Å². The van der Waals surface area contributed by atoms with Crippen molar-refractivity contribution in [1.29, 1.82) is 0 Å². The Morgan fingerprint density at radius 1 is 0.859 bits per heavy atom. The number of carbonyl (C=O) groups excluding carboxylic acids is 4. The van der Waals surface area contributed by atoms with Crippen molar-refractivity contribution in [2.24, 2.45) is 11.5 Å². The summed E-state index contributed by atoms with van der Waals surface area (Å²) in [6.07, 6.45) is 4.37. The third-order valence-corrected chi connectivity index (χ3v) is 11.1. The van der Waals surface area contributed by atoms with E-state index in [1.807, 2.05) is 19.1 Å². The van der Waals surface area contributed by atoms with Gasteiger partial charge in [0, 0.05) is 63.5 Å². The number of carbonyl (C=O) groups is 4. The van der Waals surface area contributed by atoms with Gasteiger partial charge in [-0.2, -0.15) is 10.2 Å². The molecule has 0 aliphatic carbocycles. The quantitative estimate of drug-likeness (QED) is 0.0651. The van der Waals surface area contributed by atoms with Crippen LogP contribution in [0.1, 0.15) is 66.4 Å². The summed E-state index contributed by atoms with van der Waals surface area (Å²) < 4.78 is 23.2. The summed E-state index contributed by atoms with van der Waals surface area (Å²) in [7, 11) is 1.46. The van der Waals surface area contributed by atoms with Gasteiger partial charge in [-0.25, -0.2) is 9.97 Å². The van der Waals surface area contributed by atoms with Gasteiger partial charge in [0.2, 0.25) is 23.7 Å². The highest BCUT2D eigenvalue weighted by Gasteiger charge is 2.44. The van der Waals surface area contributed by atoms with Crippen molar-refractivity contribution in [2.75, 3.05) is 63.7 Å². The summed E-state index contributed by atoms with van der Waals surface area (Å²) in [5.41, 5.74) is 15.1. The van der Waals surface area contributed by atoms with Crippen LogP contribution in [0, 0.1) is 13.8 Å². The van der Waals surface area contributed by atoms with E-state index in [9.17, 15) is 19.2 Å². The number of nitrogens with one attached hydrogen (secondary N) is 3. The third-order valence-electron chi connectivity index (χ3n) is 11.1. The average molecular weight is 875 g/mol. The number of amides is 4. The van der Waals surface area contributed by atoms with Crippen molar-refractivity contribution in [2.45, 2.75) is 52.4 Å². The first kappa shape index (κ1) is 43.4. The highest BCUT2D eigenvalue weighted by molar-refractivity contribution is 6.05. The molecule has 6 aromatic rings. The molecule has 4 amide bonds. The molecular weight excluding hydrogens is 825 g/mol. The Morgan fingerprint density at radius 3 is 2.08 bits per heavy atom. The molecule has 2 aliphatic rings. The van der Waals surface area contributed by atoms with Gasteiger partial charge in [0.15, 0.2) is 5.69 Å². The number of nitrogens with two attached hydrogens (primary N) is 2. The Labute approximate surface area is 367 Å². The smallest absolute Gasteiger partial charge is 0.278 e. The molecule has 21 heteroatoms. The summed E-state index contributed by atoms with van der Waals surface area (Å²) >= 11 is 0. The Hall–Kier alpha value is -7.23. The van der Waals surface area contributed by atoms with Crippen molar-refractivity contribution in [1.82, 2.24) is 49.3 Å². The van der Waals surface area contributed by atoms with Gasteiger partial charge >= 0.3 is 0 Å². The summed E-state index contributed by atoms with van der Waals surface area (Å²) in [4.78, 5) is 63.8. The topological polar surface area (TPSA) is 267 Å². The van der Waals surface area contributed by atoms with Crippen LogP contribution in [0.25, 0.3) is 22.1 Å². The largest absolute Gasteiger partial charge is 0.494 e. The Morgan fingerprint density at radius 2 is 1.50 bits per heavy atom. The van der Waals surface area contributed by atoms with Gasteiger partial charge in [-0.3, -0.25) is 39.4 Å². The number of primary amides is 2. The monoisotopic (exact) mass is 874 g/mol. The Balaban J connectivity index is 1.11. The summed E-state index contributed by atoms with van der Waals surface area (Å²) in [6, 6.07) is 11.1. The number of rotatable bonds is 17. The van der Waals surface area contributed by atoms with E-state index in [1.54, 1.807) is 58.0 Å². The maximum atomic E-state index is 13.7. The molecule has 0 unspecified atom stereocenters. The van der Waals surface area contributed by atoms with Gasteiger partial charge in [0.1, 0.15) is 33.8 Å². The molecule has 1 spiro atoms. The van der Waals surface area contributed by atoms with E-state index in [-0.39, 0.29) is 47.4 Å². The number of anilines is 2. The second-order valence-electron chi connectivity index (χ2n) is 15.8. The van der Waals surface area contributed by atoms with E-state index in [4.69, 9.17) is 35.6 Å². The van der Waals surface area contributed by atoms with Crippen molar-refractivity contribution in [3.63, 3.8) is 0 Å². The fourth-order valence-electron chi connectivity index (χ4n) is 8.04. The van der Waals surface area contributed by atoms with Crippen molar-refractivity contribution < 1.29 is 33.4 Å². The number of morpholine rings is 1.